The highest BCUT2D eigenvalue weighted by Crippen LogP contribution is 2.24. The molecular formula is C13H23N5O2. The molecule has 7 heteroatoms. The normalized spacial score (nSPS) is 22.1. The van der Waals surface area contributed by atoms with Gasteiger partial charge in [0.05, 0.1) is 12.2 Å². The topological polar surface area (TPSA) is 81.2 Å². The first kappa shape index (κ1) is 14.8. The molecule has 2 rings (SSSR count). The Morgan fingerprint density at radius 3 is 2.50 bits per heavy atom. The van der Waals surface area contributed by atoms with Crippen LogP contribution in [0.25, 0.3) is 0 Å². The number of anilines is 2. The molecule has 2 atom stereocenters. The van der Waals surface area contributed by atoms with Crippen LogP contribution in [-0.2, 0) is 4.74 Å². The van der Waals surface area contributed by atoms with E-state index in [1.54, 1.807) is 14.2 Å². The van der Waals surface area contributed by atoms with Gasteiger partial charge >= 0.3 is 6.01 Å². The minimum atomic E-state index is 0.0271. The second-order valence-corrected chi connectivity index (χ2v) is 5.19. The molecule has 112 valence electrons. The third-order valence-electron chi connectivity index (χ3n) is 3.23. The van der Waals surface area contributed by atoms with Crippen molar-refractivity contribution >= 4 is 11.9 Å². The average molecular weight is 281 g/mol. The summed E-state index contributed by atoms with van der Waals surface area (Å²) in [6.45, 7) is 3.88. The Hall–Kier alpha value is -1.63. The number of nitrogens with one attached hydrogen (secondary N) is 2. The summed E-state index contributed by atoms with van der Waals surface area (Å²) in [6.07, 6.45) is 3.44. The summed E-state index contributed by atoms with van der Waals surface area (Å²) in [5.41, 5.74) is 0. The predicted octanol–water partition coefficient (Wildman–Crippen LogP) is 1.68. The maximum Gasteiger partial charge on any atom is 0.323 e. The number of aromatic nitrogens is 3. The molecule has 0 aromatic carbocycles. The molecule has 2 N–H and O–H groups in total. The van der Waals surface area contributed by atoms with E-state index in [2.05, 4.69) is 25.6 Å². The molecule has 0 spiro atoms. The van der Waals surface area contributed by atoms with Crippen molar-refractivity contribution in [1.29, 1.82) is 0 Å². The lowest BCUT2D eigenvalue weighted by Gasteiger charge is -2.15. The molecule has 1 heterocycles. The van der Waals surface area contributed by atoms with Gasteiger partial charge in [0.1, 0.15) is 0 Å². The number of ether oxygens (including phenoxy) is 2. The van der Waals surface area contributed by atoms with E-state index in [9.17, 15) is 0 Å². The van der Waals surface area contributed by atoms with Crippen LogP contribution in [0.5, 0.6) is 6.01 Å². The van der Waals surface area contributed by atoms with Crippen molar-refractivity contribution in [3.8, 4) is 6.01 Å². The van der Waals surface area contributed by atoms with Crippen molar-refractivity contribution < 1.29 is 9.47 Å². The Bertz CT molecular complexity index is 441. The molecule has 20 heavy (non-hydrogen) atoms. The Morgan fingerprint density at radius 2 is 1.90 bits per heavy atom. The van der Waals surface area contributed by atoms with E-state index < -0.39 is 0 Å². The Kier molecular flexibility index (Phi) is 4.94. The summed E-state index contributed by atoms with van der Waals surface area (Å²) in [4.78, 5) is 12.8. The van der Waals surface area contributed by atoms with Crippen LogP contribution >= 0.6 is 0 Å². The van der Waals surface area contributed by atoms with E-state index in [-0.39, 0.29) is 6.10 Å². The molecule has 1 saturated carbocycles. The SMILES string of the molecule is CNc1nc(NC2CCC(OC)C2)nc(OC(C)C)n1. The van der Waals surface area contributed by atoms with Crippen molar-refractivity contribution in [3.05, 3.63) is 0 Å². The summed E-state index contributed by atoms with van der Waals surface area (Å²) in [6, 6.07) is 0.669. The summed E-state index contributed by atoms with van der Waals surface area (Å²) >= 11 is 0. The third kappa shape index (κ3) is 3.93. The highest BCUT2D eigenvalue weighted by atomic mass is 16.5. The van der Waals surface area contributed by atoms with E-state index >= 15 is 0 Å². The van der Waals surface area contributed by atoms with Gasteiger partial charge in [-0.2, -0.15) is 15.0 Å². The van der Waals surface area contributed by atoms with Gasteiger partial charge in [-0.25, -0.2) is 0 Å². The number of rotatable bonds is 6. The number of nitrogens with zero attached hydrogens (tertiary/aromatic N) is 3. The summed E-state index contributed by atoms with van der Waals surface area (Å²) < 4.78 is 10.9. The van der Waals surface area contributed by atoms with Gasteiger partial charge in [0.2, 0.25) is 11.9 Å². The standard InChI is InChI=1S/C13H23N5O2/c1-8(2)20-13-17-11(14-3)16-12(18-13)15-9-5-6-10(7-9)19-4/h8-10H,5-7H2,1-4H3,(H2,14,15,16,17,18). The number of hydrogen-bond donors (Lipinski definition) is 2. The fourth-order valence-electron chi connectivity index (χ4n) is 2.26. The van der Waals surface area contributed by atoms with Crippen LogP contribution in [0, 0.1) is 0 Å². The van der Waals surface area contributed by atoms with Crippen molar-refractivity contribution in [1.82, 2.24) is 15.0 Å². The lowest BCUT2D eigenvalue weighted by atomic mass is 10.2. The first-order valence-corrected chi connectivity index (χ1v) is 7.00. The van der Waals surface area contributed by atoms with Crippen molar-refractivity contribution in [3.63, 3.8) is 0 Å². The van der Waals surface area contributed by atoms with E-state index in [1.165, 1.54) is 0 Å². The van der Waals surface area contributed by atoms with E-state index in [1.807, 2.05) is 13.8 Å². The van der Waals surface area contributed by atoms with Crippen molar-refractivity contribution in [2.24, 2.45) is 0 Å². The van der Waals surface area contributed by atoms with Crippen LogP contribution in [0.15, 0.2) is 0 Å². The van der Waals surface area contributed by atoms with Crippen molar-refractivity contribution in [2.45, 2.75) is 51.4 Å². The van der Waals surface area contributed by atoms with Gasteiger partial charge in [-0.1, -0.05) is 0 Å². The second-order valence-electron chi connectivity index (χ2n) is 5.19. The van der Waals surface area contributed by atoms with Crippen LogP contribution in [0.4, 0.5) is 11.9 Å². The fraction of sp³-hybridized carbons (Fsp3) is 0.769. The highest BCUT2D eigenvalue weighted by Gasteiger charge is 2.25. The first-order valence-electron chi connectivity index (χ1n) is 7.00. The zero-order valence-electron chi connectivity index (χ0n) is 12.5. The van der Waals surface area contributed by atoms with Crippen molar-refractivity contribution in [2.75, 3.05) is 24.8 Å². The number of hydrogen-bond acceptors (Lipinski definition) is 7. The van der Waals surface area contributed by atoms with Gasteiger partial charge in [0.25, 0.3) is 0 Å². The molecule has 2 unspecified atom stereocenters. The highest BCUT2D eigenvalue weighted by molar-refractivity contribution is 5.36. The van der Waals surface area contributed by atoms with Gasteiger partial charge in [0, 0.05) is 20.2 Å². The van der Waals surface area contributed by atoms with Crippen LogP contribution in [0.1, 0.15) is 33.1 Å². The Morgan fingerprint density at radius 1 is 1.15 bits per heavy atom. The summed E-state index contributed by atoms with van der Waals surface area (Å²) in [7, 11) is 3.53. The Balaban J connectivity index is 2.06. The Labute approximate surface area is 119 Å². The molecule has 1 aliphatic carbocycles. The maximum atomic E-state index is 5.54. The zero-order valence-corrected chi connectivity index (χ0v) is 12.5. The van der Waals surface area contributed by atoms with E-state index in [0.717, 1.165) is 19.3 Å². The zero-order chi connectivity index (χ0) is 14.5. The summed E-state index contributed by atoms with van der Waals surface area (Å²) in [5.74, 6) is 1.04. The average Bonchev–Trinajstić information content (AvgIpc) is 2.85. The molecule has 7 nitrogen and oxygen atoms in total. The van der Waals surface area contributed by atoms with Gasteiger partial charge in [-0.15, -0.1) is 0 Å². The van der Waals surface area contributed by atoms with E-state index in [0.29, 0.717) is 30.1 Å². The molecular weight excluding hydrogens is 258 g/mol. The quantitative estimate of drug-likeness (QED) is 0.821. The molecule has 0 aliphatic heterocycles. The predicted molar refractivity (Wildman–Crippen MR) is 77.2 cm³/mol. The molecule has 0 amide bonds. The smallest absolute Gasteiger partial charge is 0.323 e. The van der Waals surface area contributed by atoms with Crippen LogP contribution < -0.4 is 15.4 Å². The second kappa shape index (κ2) is 6.69. The minimum absolute atomic E-state index is 0.0271. The minimum Gasteiger partial charge on any atom is -0.461 e. The molecule has 1 fully saturated rings. The third-order valence-corrected chi connectivity index (χ3v) is 3.23. The van der Waals surface area contributed by atoms with E-state index in [4.69, 9.17) is 9.47 Å². The molecule has 0 radical (unpaired) electrons. The molecule has 1 aromatic rings. The van der Waals surface area contributed by atoms with Crippen LogP contribution in [0.2, 0.25) is 0 Å². The fourth-order valence-corrected chi connectivity index (χ4v) is 2.26. The molecule has 1 aromatic heterocycles. The molecule has 0 saturated heterocycles. The monoisotopic (exact) mass is 281 g/mol. The van der Waals surface area contributed by atoms with Gasteiger partial charge in [0.15, 0.2) is 0 Å². The summed E-state index contributed by atoms with van der Waals surface area (Å²) in [5, 5.41) is 6.25. The van der Waals surface area contributed by atoms with Gasteiger partial charge < -0.3 is 20.1 Å². The molecule has 1 aliphatic rings. The number of methoxy groups -OCH3 is 1. The lowest BCUT2D eigenvalue weighted by Crippen LogP contribution is -2.20. The van der Waals surface area contributed by atoms with Gasteiger partial charge in [-0.05, 0) is 33.1 Å². The van der Waals surface area contributed by atoms with Gasteiger partial charge in [-0.3, -0.25) is 0 Å². The van der Waals surface area contributed by atoms with Crippen LogP contribution in [-0.4, -0.2) is 47.4 Å². The first-order chi connectivity index (χ1) is 9.60. The maximum absolute atomic E-state index is 5.54. The van der Waals surface area contributed by atoms with Crippen LogP contribution in [0.3, 0.4) is 0 Å². The largest absolute Gasteiger partial charge is 0.461 e. The molecule has 0 bridgehead atoms. The lowest BCUT2D eigenvalue weighted by molar-refractivity contribution is 0.108.